The summed E-state index contributed by atoms with van der Waals surface area (Å²) < 4.78 is 24.9. The third kappa shape index (κ3) is 7.07. The number of nitrogens with one attached hydrogen (secondary N) is 2. The lowest BCUT2D eigenvalue weighted by atomic mass is 10.1. The third-order valence-corrected chi connectivity index (χ3v) is 5.53. The van der Waals surface area contributed by atoms with Gasteiger partial charge in [-0.05, 0) is 29.7 Å². The van der Waals surface area contributed by atoms with Crippen LogP contribution in [0.25, 0.3) is 0 Å². The van der Waals surface area contributed by atoms with E-state index in [9.17, 15) is 13.2 Å². The monoisotopic (exact) mass is 416 g/mol. The van der Waals surface area contributed by atoms with Crippen molar-refractivity contribution < 1.29 is 13.2 Å². The van der Waals surface area contributed by atoms with Gasteiger partial charge in [0.15, 0.2) is 0 Å². The summed E-state index contributed by atoms with van der Waals surface area (Å²) in [5.41, 5.74) is 2.76. The molecule has 3 rings (SSSR count). The molecular weight excluding hydrogens is 388 g/mol. The van der Waals surface area contributed by atoms with E-state index in [0.717, 1.165) is 51.0 Å². The molecule has 0 aromatic heterocycles. The molecule has 1 aliphatic heterocycles. The number of carbonyl (C=O) groups is 1. The third-order valence-electron chi connectivity index (χ3n) is 4.92. The summed E-state index contributed by atoms with van der Waals surface area (Å²) in [5.74, 6) is 0. The maximum Gasteiger partial charge on any atom is 0.317 e. The first-order valence-corrected chi connectivity index (χ1v) is 11.6. The number of piperazine rings is 1. The van der Waals surface area contributed by atoms with Crippen molar-refractivity contribution in [3.63, 3.8) is 0 Å². The van der Waals surface area contributed by atoms with Gasteiger partial charge < -0.3 is 10.2 Å². The first kappa shape index (κ1) is 21.1. The molecule has 2 aromatic carbocycles. The maximum absolute atomic E-state index is 12.4. The van der Waals surface area contributed by atoms with Crippen molar-refractivity contribution in [1.82, 2.24) is 15.1 Å². The molecule has 1 saturated heterocycles. The fourth-order valence-electron chi connectivity index (χ4n) is 3.30. The second-order valence-corrected chi connectivity index (χ2v) is 9.04. The van der Waals surface area contributed by atoms with Gasteiger partial charge in [-0.2, -0.15) is 0 Å². The summed E-state index contributed by atoms with van der Waals surface area (Å²) in [4.78, 5) is 16.7. The van der Waals surface area contributed by atoms with Crippen LogP contribution in [0.5, 0.6) is 0 Å². The van der Waals surface area contributed by atoms with Crippen LogP contribution >= 0.6 is 0 Å². The SMILES string of the molecule is CS(=O)(=O)Nc1ccc(CNC(=O)N2CCN(CCc3ccccc3)CC2)cc1. The van der Waals surface area contributed by atoms with Crippen LogP contribution in [0.2, 0.25) is 0 Å². The molecule has 0 atom stereocenters. The molecule has 1 aliphatic rings. The van der Waals surface area contributed by atoms with E-state index >= 15 is 0 Å². The lowest BCUT2D eigenvalue weighted by Crippen LogP contribution is -2.51. The lowest BCUT2D eigenvalue weighted by molar-refractivity contribution is 0.140. The first-order chi connectivity index (χ1) is 13.9. The van der Waals surface area contributed by atoms with E-state index in [-0.39, 0.29) is 6.03 Å². The van der Waals surface area contributed by atoms with Gasteiger partial charge in [-0.15, -0.1) is 0 Å². The zero-order chi connectivity index (χ0) is 20.7. The minimum atomic E-state index is -3.29. The van der Waals surface area contributed by atoms with Gasteiger partial charge in [0.2, 0.25) is 10.0 Å². The summed E-state index contributed by atoms with van der Waals surface area (Å²) in [7, 11) is -3.29. The Kier molecular flexibility index (Phi) is 7.11. The van der Waals surface area contributed by atoms with Crippen LogP contribution in [0.4, 0.5) is 10.5 Å². The highest BCUT2D eigenvalue weighted by Crippen LogP contribution is 2.11. The number of nitrogens with zero attached hydrogens (tertiary/aromatic N) is 2. The van der Waals surface area contributed by atoms with E-state index in [1.54, 1.807) is 24.3 Å². The molecule has 0 unspecified atom stereocenters. The van der Waals surface area contributed by atoms with Crippen LogP contribution in [0.1, 0.15) is 11.1 Å². The predicted molar refractivity (Wildman–Crippen MR) is 115 cm³/mol. The zero-order valence-electron chi connectivity index (χ0n) is 16.7. The standard InChI is InChI=1S/C21H28N4O3S/c1-29(27,28)23-20-9-7-19(8-10-20)17-22-21(26)25-15-13-24(14-16-25)12-11-18-5-3-2-4-6-18/h2-10,23H,11-17H2,1H3,(H,22,26). The molecule has 1 fully saturated rings. The van der Waals surface area contributed by atoms with Crippen molar-refractivity contribution in [2.45, 2.75) is 13.0 Å². The highest BCUT2D eigenvalue weighted by atomic mass is 32.2. The first-order valence-electron chi connectivity index (χ1n) is 9.75. The van der Waals surface area contributed by atoms with Crippen LogP contribution in [0.3, 0.4) is 0 Å². The van der Waals surface area contributed by atoms with Crippen LogP contribution in [-0.2, 0) is 23.0 Å². The van der Waals surface area contributed by atoms with Crippen LogP contribution < -0.4 is 10.0 Å². The van der Waals surface area contributed by atoms with Gasteiger partial charge >= 0.3 is 6.03 Å². The molecule has 8 heteroatoms. The van der Waals surface area contributed by atoms with Gasteiger partial charge in [0.05, 0.1) is 6.26 Å². The number of hydrogen-bond acceptors (Lipinski definition) is 4. The number of benzene rings is 2. The summed E-state index contributed by atoms with van der Waals surface area (Å²) in [6, 6.07) is 17.4. The van der Waals surface area contributed by atoms with Crippen LogP contribution in [0.15, 0.2) is 54.6 Å². The minimum absolute atomic E-state index is 0.0638. The summed E-state index contributed by atoms with van der Waals surface area (Å²) >= 11 is 0. The number of anilines is 1. The molecule has 0 saturated carbocycles. The Hall–Kier alpha value is -2.58. The minimum Gasteiger partial charge on any atom is -0.334 e. The van der Waals surface area contributed by atoms with Crippen molar-refractivity contribution in [2.75, 3.05) is 43.7 Å². The summed E-state index contributed by atoms with van der Waals surface area (Å²) in [6.07, 6.45) is 2.14. The molecule has 7 nitrogen and oxygen atoms in total. The average molecular weight is 417 g/mol. The maximum atomic E-state index is 12.4. The van der Waals surface area contributed by atoms with Crippen molar-refractivity contribution in [2.24, 2.45) is 0 Å². The quantitative estimate of drug-likeness (QED) is 0.725. The van der Waals surface area contributed by atoms with Crippen LogP contribution in [-0.4, -0.2) is 63.2 Å². The molecule has 0 aliphatic carbocycles. The topological polar surface area (TPSA) is 81.8 Å². The number of amides is 2. The van der Waals surface area contributed by atoms with Gasteiger partial charge in [0, 0.05) is 45.0 Å². The fraction of sp³-hybridized carbons (Fsp3) is 0.381. The number of urea groups is 1. The van der Waals surface area contributed by atoms with Gasteiger partial charge in [-0.25, -0.2) is 13.2 Å². The van der Waals surface area contributed by atoms with Crippen molar-refractivity contribution >= 4 is 21.7 Å². The highest BCUT2D eigenvalue weighted by Gasteiger charge is 2.20. The Morgan fingerprint density at radius 1 is 0.931 bits per heavy atom. The van der Waals surface area contributed by atoms with Gasteiger partial charge in [0.25, 0.3) is 0 Å². The van der Waals surface area contributed by atoms with Gasteiger partial charge in [-0.3, -0.25) is 9.62 Å². The molecule has 2 N–H and O–H groups in total. The average Bonchev–Trinajstić information content (AvgIpc) is 2.71. The van der Waals surface area contributed by atoms with Crippen molar-refractivity contribution in [1.29, 1.82) is 0 Å². The zero-order valence-corrected chi connectivity index (χ0v) is 17.5. The van der Waals surface area contributed by atoms with Crippen molar-refractivity contribution in [3.8, 4) is 0 Å². The highest BCUT2D eigenvalue weighted by molar-refractivity contribution is 7.92. The van der Waals surface area contributed by atoms with Crippen LogP contribution in [0, 0.1) is 0 Å². The van der Waals surface area contributed by atoms with E-state index in [4.69, 9.17) is 0 Å². The molecule has 0 radical (unpaired) electrons. The second-order valence-electron chi connectivity index (χ2n) is 7.29. The van der Waals surface area contributed by atoms with E-state index in [2.05, 4.69) is 39.2 Å². The molecule has 1 heterocycles. The fourth-order valence-corrected chi connectivity index (χ4v) is 3.86. The molecular formula is C21H28N4O3S. The normalized spacial score (nSPS) is 15.1. The Bertz CT molecular complexity index is 893. The largest absolute Gasteiger partial charge is 0.334 e. The molecule has 2 aromatic rings. The summed E-state index contributed by atoms with van der Waals surface area (Å²) in [6.45, 7) is 4.62. The Balaban J connectivity index is 1.38. The molecule has 2 amide bonds. The second kappa shape index (κ2) is 9.76. The van der Waals surface area contributed by atoms with E-state index in [0.29, 0.717) is 12.2 Å². The van der Waals surface area contributed by atoms with Crippen molar-refractivity contribution in [3.05, 3.63) is 65.7 Å². The Morgan fingerprint density at radius 2 is 1.59 bits per heavy atom. The summed E-state index contributed by atoms with van der Waals surface area (Å²) in [5, 5.41) is 2.94. The number of carbonyl (C=O) groups excluding carboxylic acids is 1. The van der Waals surface area contributed by atoms with E-state index in [1.807, 2.05) is 11.0 Å². The Morgan fingerprint density at radius 3 is 2.21 bits per heavy atom. The molecule has 0 bridgehead atoms. The van der Waals surface area contributed by atoms with E-state index in [1.165, 1.54) is 5.56 Å². The number of rotatable bonds is 7. The number of hydrogen-bond donors (Lipinski definition) is 2. The predicted octanol–water partition coefficient (Wildman–Crippen LogP) is 2.13. The molecule has 156 valence electrons. The lowest BCUT2D eigenvalue weighted by Gasteiger charge is -2.34. The van der Waals surface area contributed by atoms with Gasteiger partial charge in [-0.1, -0.05) is 42.5 Å². The molecule has 0 spiro atoms. The molecule has 29 heavy (non-hydrogen) atoms. The van der Waals surface area contributed by atoms with E-state index < -0.39 is 10.0 Å². The number of sulfonamides is 1. The Labute approximate surface area is 172 Å². The van der Waals surface area contributed by atoms with Gasteiger partial charge in [0.1, 0.15) is 0 Å². The smallest absolute Gasteiger partial charge is 0.317 e.